The van der Waals surface area contributed by atoms with Gasteiger partial charge in [0.25, 0.3) is 0 Å². The molecule has 1 atom stereocenters. The van der Waals surface area contributed by atoms with Crippen LogP contribution in [0.2, 0.25) is 0 Å². The summed E-state index contributed by atoms with van der Waals surface area (Å²) < 4.78 is 19.4. The molecule has 0 aliphatic heterocycles. The minimum Gasteiger partial charge on any atom is -0.439 e. The molecule has 3 rings (SSSR count). The van der Waals surface area contributed by atoms with Crippen LogP contribution in [0.15, 0.2) is 47.0 Å². The summed E-state index contributed by atoms with van der Waals surface area (Å²) in [6, 6.07) is 10.2. The lowest BCUT2D eigenvalue weighted by atomic mass is 10.0. The highest BCUT2D eigenvalue weighted by molar-refractivity contribution is 5.95. The van der Waals surface area contributed by atoms with E-state index >= 15 is 0 Å². The molecule has 0 fully saturated rings. The maximum Gasteiger partial charge on any atom is 0.211 e. The molecule has 3 aromatic rings. The van der Waals surface area contributed by atoms with E-state index in [1.165, 1.54) is 6.07 Å². The van der Waals surface area contributed by atoms with Crippen molar-refractivity contribution in [3.8, 4) is 11.3 Å². The zero-order valence-corrected chi connectivity index (χ0v) is 10.4. The Labute approximate surface area is 109 Å². The fourth-order valence-corrected chi connectivity index (χ4v) is 2.10. The van der Waals surface area contributed by atoms with Gasteiger partial charge in [0.1, 0.15) is 5.82 Å². The van der Waals surface area contributed by atoms with Crippen molar-refractivity contribution in [2.45, 2.75) is 13.0 Å². The van der Waals surface area contributed by atoms with Gasteiger partial charge in [-0.05, 0) is 24.4 Å². The van der Waals surface area contributed by atoms with E-state index in [2.05, 4.69) is 4.98 Å². The van der Waals surface area contributed by atoms with Gasteiger partial charge in [0, 0.05) is 10.9 Å². The lowest BCUT2D eigenvalue weighted by molar-refractivity contribution is 0.474. The third kappa shape index (κ3) is 2.00. The summed E-state index contributed by atoms with van der Waals surface area (Å²) >= 11 is 0. The number of oxazole rings is 1. The molecule has 2 N–H and O–H groups in total. The first-order valence-electron chi connectivity index (χ1n) is 6.06. The van der Waals surface area contributed by atoms with Crippen LogP contribution in [0.5, 0.6) is 0 Å². The highest BCUT2D eigenvalue weighted by atomic mass is 19.1. The number of nitrogens with two attached hydrogens (primary N) is 1. The van der Waals surface area contributed by atoms with Gasteiger partial charge in [-0.1, -0.05) is 24.3 Å². The van der Waals surface area contributed by atoms with Crippen LogP contribution < -0.4 is 5.73 Å². The van der Waals surface area contributed by atoms with E-state index in [-0.39, 0.29) is 11.9 Å². The fourth-order valence-electron chi connectivity index (χ4n) is 2.10. The van der Waals surface area contributed by atoms with Crippen LogP contribution in [-0.4, -0.2) is 4.98 Å². The predicted octanol–water partition coefficient (Wildman–Crippen LogP) is 3.65. The van der Waals surface area contributed by atoms with Crippen LogP contribution in [0.25, 0.3) is 22.1 Å². The second-order valence-corrected chi connectivity index (χ2v) is 4.49. The summed E-state index contributed by atoms with van der Waals surface area (Å²) in [6.07, 6.45) is 1.62. The maximum absolute atomic E-state index is 13.7. The van der Waals surface area contributed by atoms with Crippen molar-refractivity contribution in [2.24, 2.45) is 5.73 Å². The summed E-state index contributed by atoms with van der Waals surface area (Å²) in [5, 5.41) is 1.37. The molecule has 1 unspecified atom stereocenters. The second-order valence-electron chi connectivity index (χ2n) is 4.49. The van der Waals surface area contributed by atoms with E-state index in [4.69, 9.17) is 10.2 Å². The Morgan fingerprint density at radius 2 is 1.89 bits per heavy atom. The Morgan fingerprint density at radius 1 is 1.16 bits per heavy atom. The number of benzene rings is 2. The lowest BCUT2D eigenvalue weighted by Gasteiger charge is -2.04. The Bertz CT molecular complexity index is 734. The van der Waals surface area contributed by atoms with Crippen LogP contribution in [0, 0.1) is 5.82 Å². The predicted molar refractivity (Wildman–Crippen MR) is 72.0 cm³/mol. The molecular formula is C15H13FN2O. The lowest BCUT2D eigenvalue weighted by Crippen LogP contribution is -2.04. The molecule has 96 valence electrons. The third-order valence-corrected chi connectivity index (χ3v) is 3.05. The molecule has 0 aliphatic rings. The minimum absolute atomic E-state index is 0.244. The van der Waals surface area contributed by atoms with Crippen molar-refractivity contribution in [3.05, 3.63) is 54.3 Å². The van der Waals surface area contributed by atoms with E-state index in [9.17, 15) is 4.39 Å². The van der Waals surface area contributed by atoms with Crippen LogP contribution in [0.3, 0.4) is 0 Å². The largest absolute Gasteiger partial charge is 0.439 e. The molecule has 3 nitrogen and oxygen atoms in total. The molecule has 0 saturated carbocycles. The average molecular weight is 256 g/mol. The van der Waals surface area contributed by atoms with Gasteiger partial charge in [0.05, 0.1) is 12.2 Å². The Hall–Kier alpha value is -2.20. The number of hydrogen-bond acceptors (Lipinski definition) is 3. The maximum atomic E-state index is 13.7. The molecule has 1 aromatic heterocycles. The molecule has 1 heterocycles. The number of aromatic nitrogens is 1. The van der Waals surface area contributed by atoms with Crippen LogP contribution in [0.1, 0.15) is 18.9 Å². The van der Waals surface area contributed by atoms with Crippen molar-refractivity contribution < 1.29 is 8.81 Å². The molecule has 0 radical (unpaired) electrons. The Balaban J connectivity index is 2.22. The van der Waals surface area contributed by atoms with E-state index in [1.54, 1.807) is 25.3 Å². The Kier molecular flexibility index (Phi) is 2.80. The van der Waals surface area contributed by atoms with Crippen LogP contribution >= 0.6 is 0 Å². The molecule has 0 bridgehead atoms. The van der Waals surface area contributed by atoms with E-state index in [1.807, 2.05) is 18.2 Å². The number of rotatable bonds is 2. The van der Waals surface area contributed by atoms with Gasteiger partial charge >= 0.3 is 0 Å². The first-order valence-corrected chi connectivity index (χ1v) is 6.06. The number of nitrogens with zero attached hydrogens (tertiary/aromatic N) is 1. The van der Waals surface area contributed by atoms with Gasteiger partial charge in [-0.2, -0.15) is 0 Å². The number of fused-ring (bicyclic) bond motifs is 1. The van der Waals surface area contributed by atoms with E-state index in [0.717, 1.165) is 10.9 Å². The molecule has 0 saturated heterocycles. The van der Waals surface area contributed by atoms with E-state index in [0.29, 0.717) is 17.0 Å². The van der Waals surface area contributed by atoms with Crippen LogP contribution in [-0.2, 0) is 0 Å². The van der Waals surface area contributed by atoms with Crippen molar-refractivity contribution in [1.29, 1.82) is 0 Å². The van der Waals surface area contributed by atoms with Gasteiger partial charge in [-0.3, -0.25) is 0 Å². The minimum atomic E-state index is -0.263. The second kappa shape index (κ2) is 4.48. The quantitative estimate of drug-likeness (QED) is 0.761. The third-order valence-electron chi connectivity index (χ3n) is 3.05. The Morgan fingerprint density at radius 3 is 2.58 bits per heavy atom. The van der Waals surface area contributed by atoms with E-state index < -0.39 is 0 Å². The highest BCUT2D eigenvalue weighted by Gasteiger charge is 2.13. The van der Waals surface area contributed by atoms with Crippen molar-refractivity contribution in [1.82, 2.24) is 4.98 Å². The first kappa shape index (κ1) is 11.9. The molecule has 2 aromatic carbocycles. The first-order chi connectivity index (χ1) is 9.16. The summed E-state index contributed by atoms with van der Waals surface area (Å²) in [5.41, 5.74) is 6.54. The van der Waals surface area contributed by atoms with Crippen molar-refractivity contribution in [3.63, 3.8) is 0 Å². The summed E-state index contributed by atoms with van der Waals surface area (Å²) in [6.45, 7) is 1.80. The average Bonchev–Trinajstić information content (AvgIpc) is 2.89. The van der Waals surface area contributed by atoms with Crippen molar-refractivity contribution in [2.75, 3.05) is 0 Å². The normalized spacial score (nSPS) is 12.8. The number of halogens is 1. The molecule has 4 heteroatoms. The molecular weight excluding hydrogens is 243 g/mol. The van der Waals surface area contributed by atoms with Crippen molar-refractivity contribution >= 4 is 10.8 Å². The zero-order valence-electron chi connectivity index (χ0n) is 10.4. The topological polar surface area (TPSA) is 52.0 Å². The monoisotopic (exact) mass is 256 g/mol. The van der Waals surface area contributed by atoms with Gasteiger partial charge in [-0.15, -0.1) is 0 Å². The summed E-state index contributed by atoms with van der Waals surface area (Å²) in [5.74, 6) is 0.832. The van der Waals surface area contributed by atoms with Crippen LogP contribution in [0.4, 0.5) is 4.39 Å². The molecule has 0 aliphatic carbocycles. The standard InChI is InChI=1S/C15H13FN2O/c1-9(17)15-18-8-14(19-15)12-6-7-13(16)11-5-3-2-4-10(11)12/h2-9H,17H2,1H3. The molecule has 0 amide bonds. The smallest absolute Gasteiger partial charge is 0.211 e. The number of hydrogen-bond donors (Lipinski definition) is 1. The summed E-state index contributed by atoms with van der Waals surface area (Å²) in [4.78, 5) is 4.14. The van der Waals surface area contributed by atoms with Gasteiger partial charge in [-0.25, -0.2) is 9.37 Å². The van der Waals surface area contributed by atoms with Gasteiger partial charge in [0.15, 0.2) is 5.76 Å². The fraction of sp³-hybridized carbons (Fsp3) is 0.133. The SMILES string of the molecule is CC(N)c1ncc(-c2ccc(F)c3ccccc23)o1. The summed E-state index contributed by atoms with van der Waals surface area (Å²) in [7, 11) is 0. The zero-order chi connectivity index (χ0) is 13.4. The molecule has 19 heavy (non-hydrogen) atoms. The molecule has 0 spiro atoms. The van der Waals surface area contributed by atoms with Gasteiger partial charge in [0.2, 0.25) is 5.89 Å². The van der Waals surface area contributed by atoms with Gasteiger partial charge < -0.3 is 10.2 Å². The highest BCUT2D eigenvalue weighted by Crippen LogP contribution is 2.31.